The molecule has 1 aliphatic heterocycles. The quantitative estimate of drug-likeness (QED) is 0.913. The zero-order valence-corrected chi connectivity index (χ0v) is 11.9. The molecule has 0 amide bonds. The van der Waals surface area contributed by atoms with Gasteiger partial charge in [-0.15, -0.1) is 10.2 Å². The molecule has 2 aliphatic rings. The molecule has 118 valence electrons. The van der Waals surface area contributed by atoms with Crippen molar-refractivity contribution in [3.8, 4) is 0 Å². The molecule has 7 heteroatoms. The van der Waals surface area contributed by atoms with Crippen molar-refractivity contribution < 1.29 is 13.2 Å². The van der Waals surface area contributed by atoms with Crippen LogP contribution in [0.2, 0.25) is 0 Å². The smallest absolute Gasteiger partial charge is 0.321 e. The number of aromatic nitrogens is 3. The van der Waals surface area contributed by atoms with Crippen LogP contribution in [0.4, 0.5) is 13.2 Å². The molecule has 4 nitrogen and oxygen atoms in total. The van der Waals surface area contributed by atoms with E-state index in [2.05, 4.69) is 10.2 Å². The first-order chi connectivity index (χ1) is 9.97. The Morgan fingerprint density at radius 2 is 1.81 bits per heavy atom. The van der Waals surface area contributed by atoms with Crippen LogP contribution in [0.3, 0.4) is 0 Å². The first-order valence-corrected chi connectivity index (χ1v) is 7.71. The van der Waals surface area contributed by atoms with Gasteiger partial charge in [-0.1, -0.05) is 19.3 Å². The van der Waals surface area contributed by atoms with Crippen LogP contribution in [0.1, 0.15) is 56.2 Å². The minimum atomic E-state index is -4.16. The van der Waals surface area contributed by atoms with Crippen LogP contribution in [0.15, 0.2) is 0 Å². The Morgan fingerprint density at radius 1 is 1.10 bits per heavy atom. The van der Waals surface area contributed by atoms with E-state index in [1.807, 2.05) is 0 Å². The first kappa shape index (κ1) is 14.8. The Bertz CT molecular complexity index is 491. The molecular weight excluding hydrogens is 281 g/mol. The van der Waals surface area contributed by atoms with Gasteiger partial charge in [0.1, 0.15) is 11.6 Å². The normalized spacial score (nSPS) is 25.6. The van der Waals surface area contributed by atoms with E-state index in [1.54, 1.807) is 4.57 Å². The fourth-order valence-electron chi connectivity index (χ4n) is 3.57. The number of hydrogen-bond acceptors (Lipinski definition) is 3. The molecule has 0 bridgehead atoms. The Balaban J connectivity index is 1.80. The van der Waals surface area contributed by atoms with Crippen LogP contribution in [0, 0.1) is 11.8 Å². The number of aryl methyl sites for hydroxylation is 1. The van der Waals surface area contributed by atoms with E-state index in [4.69, 9.17) is 5.73 Å². The molecule has 0 spiro atoms. The van der Waals surface area contributed by atoms with E-state index in [-0.39, 0.29) is 19.0 Å². The predicted octanol–water partition coefficient (Wildman–Crippen LogP) is 2.98. The van der Waals surface area contributed by atoms with E-state index in [0.29, 0.717) is 24.0 Å². The highest BCUT2D eigenvalue weighted by atomic mass is 19.4. The van der Waals surface area contributed by atoms with Gasteiger partial charge in [-0.05, 0) is 25.2 Å². The standard InChI is InChI=1S/C14H21F3N4/c15-14(16,17)10-6-7-11-19-20-13(21(11)8-10)12(18)9-4-2-1-3-5-9/h9-10,12H,1-8,18H2. The summed E-state index contributed by atoms with van der Waals surface area (Å²) < 4.78 is 40.5. The topological polar surface area (TPSA) is 56.7 Å². The monoisotopic (exact) mass is 302 g/mol. The minimum absolute atomic E-state index is 0.0818. The van der Waals surface area contributed by atoms with Gasteiger partial charge in [0.05, 0.1) is 12.0 Å². The van der Waals surface area contributed by atoms with Crippen molar-refractivity contribution in [2.45, 2.75) is 63.7 Å². The molecule has 2 heterocycles. The predicted molar refractivity (Wildman–Crippen MR) is 71.4 cm³/mol. The summed E-state index contributed by atoms with van der Waals surface area (Å²) in [6.45, 7) is -0.0818. The summed E-state index contributed by atoms with van der Waals surface area (Å²) in [6, 6.07) is -0.293. The molecule has 1 aromatic heterocycles. The van der Waals surface area contributed by atoms with Gasteiger partial charge in [-0.3, -0.25) is 0 Å². The number of halogens is 3. The van der Waals surface area contributed by atoms with Crippen LogP contribution in [-0.4, -0.2) is 20.9 Å². The molecule has 2 unspecified atom stereocenters. The van der Waals surface area contributed by atoms with Crippen molar-refractivity contribution in [3.63, 3.8) is 0 Å². The van der Waals surface area contributed by atoms with Crippen LogP contribution >= 0.6 is 0 Å². The van der Waals surface area contributed by atoms with Gasteiger partial charge in [-0.2, -0.15) is 13.2 Å². The van der Waals surface area contributed by atoms with E-state index >= 15 is 0 Å². The van der Waals surface area contributed by atoms with Gasteiger partial charge < -0.3 is 10.3 Å². The number of alkyl halides is 3. The molecule has 3 rings (SSSR count). The van der Waals surface area contributed by atoms with Crippen LogP contribution < -0.4 is 5.73 Å². The maximum absolute atomic E-state index is 12.9. The molecule has 2 N–H and O–H groups in total. The lowest BCUT2D eigenvalue weighted by Crippen LogP contribution is -2.35. The Labute approximate surface area is 121 Å². The van der Waals surface area contributed by atoms with Gasteiger partial charge in [0.2, 0.25) is 0 Å². The average molecular weight is 302 g/mol. The highest BCUT2D eigenvalue weighted by Crippen LogP contribution is 2.37. The fraction of sp³-hybridized carbons (Fsp3) is 0.857. The largest absolute Gasteiger partial charge is 0.393 e. The van der Waals surface area contributed by atoms with Crippen molar-refractivity contribution in [1.29, 1.82) is 0 Å². The summed E-state index contributed by atoms with van der Waals surface area (Å²) in [5.74, 6) is 0.208. The molecule has 0 saturated heterocycles. The molecule has 1 aromatic rings. The van der Waals surface area contributed by atoms with Gasteiger partial charge in [0.15, 0.2) is 0 Å². The van der Waals surface area contributed by atoms with Crippen molar-refractivity contribution in [3.05, 3.63) is 11.6 Å². The molecule has 1 fully saturated rings. The first-order valence-electron chi connectivity index (χ1n) is 7.71. The van der Waals surface area contributed by atoms with Crippen LogP contribution in [-0.2, 0) is 13.0 Å². The van der Waals surface area contributed by atoms with Crippen molar-refractivity contribution in [2.24, 2.45) is 17.6 Å². The van der Waals surface area contributed by atoms with Crippen molar-refractivity contribution >= 4 is 0 Å². The number of fused-ring (bicyclic) bond motifs is 1. The van der Waals surface area contributed by atoms with E-state index in [0.717, 1.165) is 25.7 Å². The lowest BCUT2D eigenvalue weighted by atomic mass is 9.84. The number of rotatable bonds is 2. The number of nitrogens with two attached hydrogens (primary N) is 1. The molecular formula is C14H21F3N4. The average Bonchev–Trinajstić information content (AvgIpc) is 2.89. The zero-order chi connectivity index (χ0) is 15.0. The molecule has 21 heavy (non-hydrogen) atoms. The Hall–Kier alpha value is -1.11. The lowest BCUT2D eigenvalue weighted by molar-refractivity contribution is -0.182. The third kappa shape index (κ3) is 2.93. The molecule has 0 radical (unpaired) electrons. The van der Waals surface area contributed by atoms with Crippen LogP contribution in [0.25, 0.3) is 0 Å². The van der Waals surface area contributed by atoms with Crippen molar-refractivity contribution in [2.75, 3.05) is 0 Å². The lowest BCUT2D eigenvalue weighted by Gasteiger charge is -2.30. The molecule has 1 aliphatic carbocycles. The third-order valence-electron chi connectivity index (χ3n) is 4.89. The van der Waals surface area contributed by atoms with Gasteiger partial charge in [0.25, 0.3) is 0 Å². The second-order valence-corrected chi connectivity index (χ2v) is 6.29. The van der Waals surface area contributed by atoms with Crippen molar-refractivity contribution in [1.82, 2.24) is 14.8 Å². The Kier molecular flexibility index (Phi) is 3.94. The molecule has 2 atom stereocenters. The fourth-order valence-corrected chi connectivity index (χ4v) is 3.57. The third-order valence-corrected chi connectivity index (χ3v) is 4.89. The molecule has 1 saturated carbocycles. The molecule has 0 aromatic carbocycles. The minimum Gasteiger partial charge on any atom is -0.321 e. The van der Waals surface area contributed by atoms with E-state index < -0.39 is 12.1 Å². The summed E-state index contributed by atoms with van der Waals surface area (Å²) >= 11 is 0. The van der Waals surface area contributed by atoms with Crippen LogP contribution in [0.5, 0.6) is 0 Å². The number of nitrogens with zero attached hydrogens (tertiary/aromatic N) is 3. The maximum Gasteiger partial charge on any atom is 0.393 e. The van der Waals surface area contributed by atoms with Gasteiger partial charge >= 0.3 is 6.18 Å². The highest BCUT2D eigenvalue weighted by Gasteiger charge is 2.43. The zero-order valence-electron chi connectivity index (χ0n) is 11.9. The van der Waals surface area contributed by atoms with E-state index in [9.17, 15) is 13.2 Å². The van der Waals surface area contributed by atoms with E-state index in [1.165, 1.54) is 6.42 Å². The van der Waals surface area contributed by atoms with Gasteiger partial charge in [0, 0.05) is 13.0 Å². The summed E-state index contributed by atoms with van der Waals surface area (Å²) in [5, 5.41) is 8.16. The summed E-state index contributed by atoms with van der Waals surface area (Å²) in [4.78, 5) is 0. The summed E-state index contributed by atoms with van der Waals surface area (Å²) in [6.07, 6.45) is 1.84. The Morgan fingerprint density at radius 3 is 2.48 bits per heavy atom. The maximum atomic E-state index is 12.9. The second-order valence-electron chi connectivity index (χ2n) is 6.29. The summed E-state index contributed by atoms with van der Waals surface area (Å²) in [7, 11) is 0. The SMILES string of the molecule is NC(c1nnc2n1CC(C(F)(F)F)CC2)C1CCCCC1. The summed E-state index contributed by atoms with van der Waals surface area (Å²) in [5.41, 5.74) is 6.29. The van der Waals surface area contributed by atoms with Gasteiger partial charge in [-0.25, -0.2) is 0 Å². The second kappa shape index (κ2) is 5.59. The number of hydrogen-bond donors (Lipinski definition) is 1. The highest BCUT2D eigenvalue weighted by molar-refractivity contribution is 5.06.